The SMILES string of the molecule is N#CCc1ccc(-c2c(Cl)c(Cl)c(Cl)c(Cl)c2Cl)nc1F. The minimum atomic E-state index is -0.789. The van der Waals surface area contributed by atoms with Crippen LogP contribution < -0.4 is 0 Å². The summed E-state index contributed by atoms with van der Waals surface area (Å²) in [6, 6.07) is 4.74. The largest absolute Gasteiger partial charge is 0.219 e. The molecule has 2 rings (SSSR count). The average molecular weight is 384 g/mol. The van der Waals surface area contributed by atoms with Crippen LogP contribution in [-0.2, 0) is 6.42 Å². The van der Waals surface area contributed by atoms with Gasteiger partial charge in [-0.1, -0.05) is 64.1 Å². The molecule has 0 radical (unpaired) electrons. The number of halogens is 6. The normalized spacial score (nSPS) is 10.5. The maximum absolute atomic E-state index is 13.8. The van der Waals surface area contributed by atoms with Crippen molar-refractivity contribution in [1.82, 2.24) is 4.98 Å². The summed E-state index contributed by atoms with van der Waals surface area (Å²) >= 11 is 30.0. The molecule has 0 spiro atoms. The highest BCUT2D eigenvalue weighted by Crippen LogP contribution is 2.47. The van der Waals surface area contributed by atoms with Crippen LogP contribution in [0.15, 0.2) is 12.1 Å². The molecular formula is C13H4Cl5FN2. The number of rotatable bonds is 2. The van der Waals surface area contributed by atoms with E-state index in [0.717, 1.165) is 0 Å². The van der Waals surface area contributed by atoms with Crippen molar-refractivity contribution in [3.8, 4) is 17.3 Å². The summed E-state index contributed by atoms with van der Waals surface area (Å²) in [5.74, 6) is -0.789. The molecular weight excluding hydrogens is 380 g/mol. The summed E-state index contributed by atoms with van der Waals surface area (Å²) in [7, 11) is 0. The Morgan fingerprint density at radius 2 is 1.48 bits per heavy atom. The molecule has 8 heteroatoms. The quantitative estimate of drug-likeness (QED) is 0.350. The number of benzene rings is 1. The lowest BCUT2D eigenvalue weighted by Gasteiger charge is -2.12. The zero-order chi connectivity index (χ0) is 15.7. The predicted molar refractivity (Wildman–Crippen MR) is 84.0 cm³/mol. The second-order valence-electron chi connectivity index (χ2n) is 3.93. The molecule has 1 heterocycles. The second-order valence-corrected chi connectivity index (χ2v) is 5.82. The summed E-state index contributed by atoms with van der Waals surface area (Å²) in [4.78, 5) is 3.75. The third-order valence-corrected chi connectivity index (χ3v) is 4.94. The maximum Gasteiger partial charge on any atom is 0.217 e. The fraction of sp³-hybridized carbons (Fsp3) is 0.0769. The average Bonchev–Trinajstić information content (AvgIpc) is 2.46. The number of aromatic nitrogens is 1. The molecule has 0 saturated heterocycles. The Morgan fingerprint density at radius 3 is 1.95 bits per heavy atom. The first kappa shape index (κ1) is 16.6. The lowest BCUT2D eigenvalue weighted by atomic mass is 10.1. The smallest absolute Gasteiger partial charge is 0.217 e. The van der Waals surface area contributed by atoms with Crippen LogP contribution in [0.2, 0.25) is 25.1 Å². The van der Waals surface area contributed by atoms with E-state index in [4.69, 9.17) is 63.3 Å². The fourth-order valence-electron chi connectivity index (χ4n) is 1.65. The van der Waals surface area contributed by atoms with Gasteiger partial charge in [-0.3, -0.25) is 0 Å². The minimum Gasteiger partial charge on any atom is -0.219 e. The van der Waals surface area contributed by atoms with E-state index in [1.807, 2.05) is 6.07 Å². The van der Waals surface area contributed by atoms with E-state index in [-0.39, 0.29) is 48.4 Å². The first-order valence-electron chi connectivity index (χ1n) is 5.42. The van der Waals surface area contributed by atoms with Crippen LogP contribution in [0.1, 0.15) is 5.56 Å². The molecule has 0 aliphatic carbocycles. The third kappa shape index (κ3) is 3.06. The molecule has 21 heavy (non-hydrogen) atoms. The Bertz CT molecular complexity index is 741. The van der Waals surface area contributed by atoms with E-state index >= 15 is 0 Å². The standard InChI is InChI=1S/C13H4Cl5FN2/c14-8-7(9(15)11(17)12(18)10(8)16)6-2-1-5(3-4-20)13(19)21-6/h1-2H,3H2. The Morgan fingerprint density at radius 1 is 0.952 bits per heavy atom. The first-order chi connectivity index (χ1) is 9.88. The summed E-state index contributed by atoms with van der Waals surface area (Å²) in [5, 5.41) is 8.66. The molecule has 0 N–H and O–H groups in total. The molecule has 2 aromatic rings. The molecule has 0 unspecified atom stereocenters. The molecule has 0 saturated carbocycles. The van der Waals surface area contributed by atoms with Crippen LogP contribution in [0.25, 0.3) is 11.3 Å². The summed E-state index contributed by atoms with van der Waals surface area (Å²) < 4.78 is 13.8. The van der Waals surface area contributed by atoms with Crippen LogP contribution >= 0.6 is 58.0 Å². The molecule has 0 aliphatic heterocycles. The molecule has 1 aromatic carbocycles. The van der Waals surface area contributed by atoms with Crippen molar-refractivity contribution in [2.75, 3.05) is 0 Å². The number of nitriles is 1. The highest BCUT2D eigenvalue weighted by molar-refractivity contribution is 6.56. The summed E-state index contributed by atoms with van der Waals surface area (Å²) in [6.45, 7) is 0. The van der Waals surface area contributed by atoms with Crippen molar-refractivity contribution in [1.29, 1.82) is 5.26 Å². The van der Waals surface area contributed by atoms with Gasteiger partial charge in [-0.2, -0.15) is 9.65 Å². The highest BCUT2D eigenvalue weighted by atomic mass is 35.5. The lowest BCUT2D eigenvalue weighted by Crippen LogP contribution is -1.96. The van der Waals surface area contributed by atoms with Gasteiger partial charge < -0.3 is 0 Å². The molecule has 2 nitrogen and oxygen atoms in total. The zero-order valence-corrected chi connectivity index (χ0v) is 13.8. The number of nitrogens with zero attached hydrogens (tertiary/aromatic N) is 2. The minimum absolute atomic E-state index is 0.00560. The Balaban J connectivity index is 2.69. The molecule has 0 amide bonds. The monoisotopic (exact) mass is 382 g/mol. The molecule has 0 atom stereocenters. The van der Waals surface area contributed by atoms with E-state index in [9.17, 15) is 4.39 Å². The van der Waals surface area contributed by atoms with Crippen LogP contribution in [0, 0.1) is 17.3 Å². The van der Waals surface area contributed by atoms with Crippen molar-refractivity contribution >= 4 is 58.0 Å². The van der Waals surface area contributed by atoms with Crippen molar-refractivity contribution in [2.45, 2.75) is 6.42 Å². The van der Waals surface area contributed by atoms with Crippen molar-refractivity contribution < 1.29 is 4.39 Å². The van der Waals surface area contributed by atoms with E-state index in [1.165, 1.54) is 12.1 Å². The van der Waals surface area contributed by atoms with Crippen molar-refractivity contribution in [3.05, 3.63) is 48.8 Å². The predicted octanol–water partition coefficient (Wildman–Crippen LogP) is 6.22. The van der Waals surface area contributed by atoms with Crippen LogP contribution in [0.3, 0.4) is 0 Å². The van der Waals surface area contributed by atoms with Gasteiger partial charge in [0.1, 0.15) is 0 Å². The zero-order valence-electron chi connectivity index (χ0n) is 10.0. The van der Waals surface area contributed by atoms with Crippen LogP contribution in [-0.4, -0.2) is 4.98 Å². The van der Waals surface area contributed by atoms with E-state index in [1.54, 1.807) is 0 Å². The third-order valence-electron chi connectivity index (χ3n) is 2.66. The van der Waals surface area contributed by atoms with Gasteiger partial charge >= 0.3 is 0 Å². The Kier molecular flexibility index (Phi) is 5.19. The van der Waals surface area contributed by atoms with Gasteiger partial charge in [0, 0.05) is 11.1 Å². The molecule has 108 valence electrons. The van der Waals surface area contributed by atoms with Gasteiger partial charge in [0.2, 0.25) is 5.95 Å². The number of pyridine rings is 1. The topological polar surface area (TPSA) is 36.7 Å². The first-order valence-corrected chi connectivity index (χ1v) is 7.31. The molecule has 0 fully saturated rings. The van der Waals surface area contributed by atoms with Crippen LogP contribution in [0.5, 0.6) is 0 Å². The Hall–Kier alpha value is -0.760. The maximum atomic E-state index is 13.8. The molecule has 0 bridgehead atoms. The summed E-state index contributed by atoms with van der Waals surface area (Å²) in [5.41, 5.74) is 0.490. The van der Waals surface area contributed by atoms with Crippen molar-refractivity contribution in [3.63, 3.8) is 0 Å². The fourth-order valence-corrected chi connectivity index (χ4v) is 2.98. The summed E-state index contributed by atoms with van der Waals surface area (Å²) in [6.07, 6.45) is -0.0945. The van der Waals surface area contributed by atoms with Gasteiger partial charge in [0.25, 0.3) is 0 Å². The number of hydrogen-bond acceptors (Lipinski definition) is 2. The lowest BCUT2D eigenvalue weighted by molar-refractivity contribution is 0.573. The van der Waals surface area contributed by atoms with E-state index < -0.39 is 5.95 Å². The van der Waals surface area contributed by atoms with Gasteiger partial charge in [0.05, 0.1) is 43.3 Å². The highest BCUT2D eigenvalue weighted by Gasteiger charge is 2.22. The van der Waals surface area contributed by atoms with E-state index in [2.05, 4.69) is 4.98 Å². The van der Waals surface area contributed by atoms with Gasteiger partial charge in [0.15, 0.2) is 0 Å². The van der Waals surface area contributed by atoms with Gasteiger partial charge in [-0.05, 0) is 6.07 Å². The van der Waals surface area contributed by atoms with E-state index in [0.29, 0.717) is 0 Å². The second kappa shape index (κ2) is 6.56. The van der Waals surface area contributed by atoms with Crippen LogP contribution in [0.4, 0.5) is 4.39 Å². The van der Waals surface area contributed by atoms with Gasteiger partial charge in [-0.15, -0.1) is 0 Å². The molecule has 0 aliphatic rings. The molecule has 1 aromatic heterocycles. The Labute approximate surface area is 145 Å². The van der Waals surface area contributed by atoms with Gasteiger partial charge in [-0.25, -0.2) is 4.98 Å². The number of hydrogen-bond donors (Lipinski definition) is 0. The van der Waals surface area contributed by atoms with Crippen molar-refractivity contribution in [2.24, 2.45) is 0 Å².